The third kappa shape index (κ3) is 2.81. The molecule has 1 N–H and O–H groups in total. The van der Waals surface area contributed by atoms with E-state index in [2.05, 4.69) is 26.4 Å². The van der Waals surface area contributed by atoms with E-state index < -0.39 is 0 Å². The molecular weight excluding hydrogens is 260 g/mol. The van der Waals surface area contributed by atoms with Crippen LogP contribution in [0.15, 0.2) is 10.7 Å². The third-order valence-corrected chi connectivity index (χ3v) is 3.57. The molecule has 15 heavy (non-hydrogen) atoms. The molecule has 0 aliphatic carbocycles. The van der Waals surface area contributed by atoms with Crippen LogP contribution in [-0.4, -0.2) is 21.4 Å². The molecule has 0 radical (unpaired) electrons. The Morgan fingerprint density at radius 3 is 2.67 bits per heavy atom. The summed E-state index contributed by atoms with van der Waals surface area (Å²) in [7, 11) is 0. The van der Waals surface area contributed by atoms with E-state index >= 15 is 0 Å². The van der Waals surface area contributed by atoms with Gasteiger partial charge in [-0.3, -0.25) is 4.79 Å². The molecule has 1 aromatic rings. The maximum atomic E-state index is 11.8. The van der Waals surface area contributed by atoms with Crippen LogP contribution in [0.2, 0.25) is 0 Å². The molecule has 0 saturated heterocycles. The van der Waals surface area contributed by atoms with Gasteiger partial charge in [0, 0.05) is 10.4 Å². The van der Waals surface area contributed by atoms with Crippen LogP contribution in [0.4, 0.5) is 0 Å². The van der Waals surface area contributed by atoms with E-state index in [1.54, 1.807) is 6.92 Å². The monoisotopic (exact) mass is 274 g/mol. The zero-order chi connectivity index (χ0) is 11.6. The summed E-state index contributed by atoms with van der Waals surface area (Å²) in [5.74, 6) is 0.371. The van der Waals surface area contributed by atoms with Crippen LogP contribution in [-0.2, 0) is 0 Å². The number of carbonyl (C=O) groups is 1. The Hall–Kier alpha value is -0.840. The predicted octanol–water partition coefficient (Wildman–Crippen LogP) is 2.27. The molecular formula is C10H15BrN2O2. The first-order valence-electron chi connectivity index (χ1n) is 4.72. The summed E-state index contributed by atoms with van der Waals surface area (Å²) in [6, 6.07) is 0. The number of nitrogens with zero attached hydrogens (tertiary/aromatic N) is 1. The Bertz CT molecular complexity index is 358. The average molecular weight is 275 g/mol. The Balaban J connectivity index is 2.77. The van der Waals surface area contributed by atoms with Crippen molar-refractivity contribution in [2.75, 3.05) is 0 Å². The number of aromatic nitrogens is 1. The summed E-state index contributed by atoms with van der Waals surface area (Å²) in [5.41, 5.74) is 0.164. The maximum absolute atomic E-state index is 11.8. The molecule has 0 bridgehead atoms. The van der Waals surface area contributed by atoms with Crippen LogP contribution in [0.5, 0.6) is 0 Å². The zero-order valence-electron chi connectivity index (χ0n) is 9.30. The van der Waals surface area contributed by atoms with Crippen molar-refractivity contribution in [1.82, 2.24) is 10.5 Å². The minimum Gasteiger partial charge on any atom is -0.361 e. The fourth-order valence-electron chi connectivity index (χ4n) is 0.976. The fourth-order valence-corrected chi connectivity index (χ4v) is 1.09. The topological polar surface area (TPSA) is 55.1 Å². The SMILES string of the molecule is Cc1oncc1C(=O)NC(C)(C)C(C)Br. The number of amides is 1. The Kier molecular flexibility index (Phi) is 3.54. The molecule has 0 aliphatic heterocycles. The predicted molar refractivity (Wildman–Crippen MR) is 61.2 cm³/mol. The number of hydrogen-bond donors (Lipinski definition) is 1. The van der Waals surface area contributed by atoms with Gasteiger partial charge in [0.1, 0.15) is 11.3 Å². The van der Waals surface area contributed by atoms with Gasteiger partial charge < -0.3 is 9.84 Å². The highest BCUT2D eigenvalue weighted by atomic mass is 79.9. The van der Waals surface area contributed by atoms with Crippen molar-refractivity contribution in [2.24, 2.45) is 0 Å². The molecule has 0 aliphatic rings. The summed E-state index contributed by atoms with van der Waals surface area (Å²) < 4.78 is 4.84. The first kappa shape index (κ1) is 12.2. The van der Waals surface area contributed by atoms with E-state index in [4.69, 9.17) is 4.52 Å². The summed E-state index contributed by atoms with van der Waals surface area (Å²) >= 11 is 3.45. The minimum atomic E-state index is -0.319. The van der Waals surface area contributed by atoms with Crippen molar-refractivity contribution in [3.8, 4) is 0 Å². The molecule has 1 aromatic heterocycles. The Morgan fingerprint density at radius 2 is 2.27 bits per heavy atom. The van der Waals surface area contributed by atoms with Gasteiger partial charge in [-0.25, -0.2) is 0 Å². The molecule has 1 atom stereocenters. The van der Waals surface area contributed by atoms with Crippen molar-refractivity contribution in [1.29, 1.82) is 0 Å². The first-order valence-corrected chi connectivity index (χ1v) is 5.64. The fraction of sp³-hybridized carbons (Fsp3) is 0.600. The lowest BCUT2D eigenvalue weighted by atomic mass is 10.0. The lowest BCUT2D eigenvalue weighted by Crippen LogP contribution is -2.48. The van der Waals surface area contributed by atoms with Crippen LogP contribution in [0.25, 0.3) is 0 Å². The van der Waals surface area contributed by atoms with Gasteiger partial charge in [0.2, 0.25) is 0 Å². The van der Waals surface area contributed by atoms with E-state index in [0.717, 1.165) is 0 Å². The molecule has 5 heteroatoms. The van der Waals surface area contributed by atoms with Crippen LogP contribution >= 0.6 is 15.9 Å². The van der Waals surface area contributed by atoms with Crippen LogP contribution in [0.1, 0.15) is 36.9 Å². The van der Waals surface area contributed by atoms with Gasteiger partial charge in [0.05, 0.1) is 6.20 Å². The highest BCUT2D eigenvalue weighted by molar-refractivity contribution is 9.09. The van der Waals surface area contributed by atoms with Gasteiger partial charge in [0.15, 0.2) is 0 Å². The van der Waals surface area contributed by atoms with Crippen LogP contribution in [0, 0.1) is 6.92 Å². The van der Waals surface area contributed by atoms with Crippen molar-refractivity contribution in [3.63, 3.8) is 0 Å². The summed E-state index contributed by atoms with van der Waals surface area (Å²) in [6.07, 6.45) is 1.43. The normalized spacial score (nSPS) is 13.7. The molecule has 0 fully saturated rings. The number of carbonyl (C=O) groups excluding carboxylic acids is 1. The van der Waals surface area contributed by atoms with Crippen LogP contribution < -0.4 is 5.32 Å². The first-order chi connectivity index (χ1) is 6.84. The molecule has 84 valence electrons. The second-order valence-electron chi connectivity index (χ2n) is 4.09. The number of aryl methyl sites for hydroxylation is 1. The van der Waals surface area contributed by atoms with Gasteiger partial charge in [-0.05, 0) is 20.8 Å². The molecule has 1 heterocycles. The quantitative estimate of drug-likeness (QED) is 0.861. The highest BCUT2D eigenvalue weighted by Gasteiger charge is 2.27. The minimum absolute atomic E-state index is 0.162. The zero-order valence-corrected chi connectivity index (χ0v) is 10.9. The third-order valence-electron chi connectivity index (χ3n) is 2.43. The van der Waals surface area contributed by atoms with Gasteiger partial charge in [-0.2, -0.15) is 0 Å². The number of hydrogen-bond acceptors (Lipinski definition) is 3. The molecule has 0 saturated carbocycles. The van der Waals surface area contributed by atoms with E-state index in [1.807, 2.05) is 20.8 Å². The van der Waals surface area contributed by atoms with E-state index in [0.29, 0.717) is 11.3 Å². The lowest BCUT2D eigenvalue weighted by Gasteiger charge is -2.29. The molecule has 0 aromatic carbocycles. The second kappa shape index (κ2) is 4.35. The number of nitrogens with one attached hydrogen (secondary N) is 1. The standard InChI is InChI=1S/C10H15BrN2O2/c1-6-8(5-12-15-6)9(14)13-10(3,4)7(2)11/h5,7H,1-4H3,(H,13,14). The number of halogens is 1. The molecule has 0 spiro atoms. The van der Waals surface area contributed by atoms with Crippen molar-refractivity contribution < 1.29 is 9.32 Å². The summed E-state index contributed by atoms with van der Waals surface area (Å²) in [4.78, 5) is 12.0. The van der Waals surface area contributed by atoms with E-state index in [-0.39, 0.29) is 16.3 Å². The number of rotatable bonds is 3. The van der Waals surface area contributed by atoms with Crippen molar-refractivity contribution >= 4 is 21.8 Å². The summed E-state index contributed by atoms with van der Waals surface area (Å²) in [5, 5.41) is 6.48. The maximum Gasteiger partial charge on any atom is 0.256 e. The smallest absolute Gasteiger partial charge is 0.256 e. The van der Waals surface area contributed by atoms with Gasteiger partial charge in [-0.1, -0.05) is 28.0 Å². The summed E-state index contributed by atoms with van der Waals surface area (Å²) in [6.45, 7) is 7.60. The lowest BCUT2D eigenvalue weighted by molar-refractivity contribution is 0.0912. The van der Waals surface area contributed by atoms with E-state index in [9.17, 15) is 4.79 Å². The van der Waals surface area contributed by atoms with Gasteiger partial charge in [-0.15, -0.1) is 0 Å². The van der Waals surface area contributed by atoms with Crippen molar-refractivity contribution in [3.05, 3.63) is 17.5 Å². The van der Waals surface area contributed by atoms with Gasteiger partial charge in [0.25, 0.3) is 5.91 Å². The number of alkyl halides is 1. The van der Waals surface area contributed by atoms with Crippen LogP contribution in [0.3, 0.4) is 0 Å². The average Bonchev–Trinajstić information content (AvgIpc) is 2.50. The molecule has 1 unspecified atom stereocenters. The van der Waals surface area contributed by atoms with Gasteiger partial charge >= 0.3 is 0 Å². The molecule has 1 rings (SSSR count). The van der Waals surface area contributed by atoms with E-state index in [1.165, 1.54) is 6.20 Å². The van der Waals surface area contributed by atoms with Crippen molar-refractivity contribution in [2.45, 2.75) is 38.1 Å². The highest BCUT2D eigenvalue weighted by Crippen LogP contribution is 2.18. The largest absolute Gasteiger partial charge is 0.361 e. The molecule has 1 amide bonds. The Morgan fingerprint density at radius 1 is 1.67 bits per heavy atom. The second-order valence-corrected chi connectivity index (χ2v) is 5.46. The molecule has 4 nitrogen and oxygen atoms in total. The Labute approximate surface area is 97.5 Å².